The molecule has 1 amide bonds. The summed E-state index contributed by atoms with van der Waals surface area (Å²) in [6.07, 6.45) is -3.40. The van der Waals surface area contributed by atoms with Crippen molar-refractivity contribution in [3.63, 3.8) is 0 Å². The van der Waals surface area contributed by atoms with Crippen LogP contribution in [0.2, 0.25) is 0 Å². The second-order valence-corrected chi connectivity index (χ2v) is 6.69. The fourth-order valence-corrected chi connectivity index (χ4v) is 3.50. The molecule has 1 heterocycles. The highest BCUT2D eigenvalue weighted by molar-refractivity contribution is 6.10. The number of halogens is 3. The summed E-state index contributed by atoms with van der Waals surface area (Å²) in [4.78, 5) is 26.4. The smallest absolute Gasteiger partial charge is 0.314 e. The quantitative estimate of drug-likeness (QED) is 0.799. The fourth-order valence-electron chi connectivity index (χ4n) is 3.50. The molecule has 1 aromatic rings. The van der Waals surface area contributed by atoms with Crippen LogP contribution in [0.25, 0.3) is 0 Å². The van der Waals surface area contributed by atoms with Gasteiger partial charge in [0.25, 0.3) is 0 Å². The second-order valence-electron chi connectivity index (χ2n) is 6.69. The van der Waals surface area contributed by atoms with Gasteiger partial charge in [-0.05, 0) is 30.0 Å². The van der Waals surface area contributed by atoms with Crippen LogP contribution in [0, 0.1) is 5.92 Å². The largest absolute Gasteiger partial charge is 0.416 e. The Morgan fingerprint density at radius 1 is 1.29 bits per heavy atom. The molecule has 0 unspecified atom stereocenters. The number of nitrogens with zero attached hydrogens (tertiary/aromatic N) is 1. The van der Waals surface area contributed by atoms with Gasteiger partial charge in [0.05, 0.1) is 11.0 Å². The lowest BCUT2D eigenvalue weighted by molar-refractivity contribution is -0.137. The molecule has 0 spiro atoms. The van der Waals surface area contributed by atoms with Gasteiger partial charge in [-0.25, -0.2) is 0 Å². The first-order valence-electron chi connectivity index (χ1n) is 8.07. The van der Waals surface area contributed by atoms with Crippen LogP contribution in [0.15, 0.2) is 18.2 Å². The van der Waals surface area contributed by atoms with Crippen LogP contribution < -0.4 is 4.90 Å². The molecule has 3 nitrogen and oxygen atoms in total. The summed E-state index contributed by atoms with van der Waals surface area (Å²) in [7, 11) is 1.47. The van der Waals surface area contributed by atoms with E-state index in [-0.39, 0.29) is 29.7 Å². The van der Waals surface area contributed by atoms with Crippen molar-refractivity contribution in [3.8, 4) is 0 Å². The summed E-state index contributed by atoms with van der Waals surface area (Å²) in [5, 5.41) is 0. The standard InChI is InChI=1S/C18H22F3NO2/c1-5-6-13(23)10-17(11(2)3)14-8-7-12(18(19,20)21)9-15(14)22(4)16(17)24/h7-9,11H,5-6,10H2,1-4H3/t17-/m1/s1. The van der Waals surface area contributed by atoms with Crippen molar-refractivity contribution in [3.05, 3.63) is 29.3 Å². The van der Waals surface area contributed by atoms with E-state index in [0.717, 1.165) is 12.1 Å². The van der Waals surface area contributed by atoms with Crippen molar-refractivity contribution in [1.29, 1.82) is 0 Å². The summed E-state index contributed by atoms with van der Waals surface area (Å²) < 4.78 is 39.0. The number of amides is 1. The van der Waals surface area contributed by atoms with Crippen LogP contribution in [0.4, 0.5) is 18.9 Å². The molecule has 6 heteroatoms. The highest BCUT2D eigenvalue weighted by Crippen LogP contribution is 2.49. The summed E-state index contributed by atoms with van der Waals surface area (Å²) >= 11 is 0. The maximum Gasteiger partial charge on any atom is 0.416 e. The van der Waals surface area contributed by atoms with E-state index in [4.69, 9.17) is 0 Å². The normalized spacial score (nSPS) is 20.7. The van der Waals surface area contributed by atoms with Gasteiger partial charge in [-0.2, -0.15) is 13.2 Å². The Kier molecular flexibility index (Phi) is 4.79. The van der Waals surface area contributed by atoms with E-state index in [9.17, 15) is 22.8 Å². The molecule has 0 N–H and O–H groups in total. The molecular weight excluding hydrogens is 319 g/mol. The predicted molar refractivity (Wildman–Crippen MR) is 85.9 cm³/mol. The van der Waals surface area contributed by atoms with Gasteiger partial charge in [0.1, 0.15) is 5.78 Å². The number of Topliss-reactive ketones (excluding diaryl/α,β-unsaturated/α-hetero) is 1. The zero-order valence-electron chi connectivity index (χ0n) is 14.3. The lowest BCUT2D eigenvalue weighted by Crippen LogP contribution is -2.44. The van der Waals surface area contributed by atoms with Gasteiger partial charge in [-0.1, -0.05) is 26.8 Å². The average Bonchev–Trinajstić information content (AvgIpc) is 2.69. The maximum atomic E-state index is 13.0. The van der Waals surface area contributed by atoms with Gasteiger partial charge in [0.2, 0.25) is 5.91 Å². The third-order valence-corrected chi connectivity index (χ3v) is 4.84. The number of hydrogen-bond donors (Lipinski definition) is 0. The van der Waals surface area contributed by atoms with Crippen LogP contribution in [-0.2, 0) is 21.2 Å². The average molecular weight is 341 g/mol. The number of carbonyl (C=O) groups excluding carboxylic acids is 2. The molecule has 0 bridgehead atoms. The lowest BCUT2D eigenvalue weighted by atomic mass is 9.69. The monoisotopic (exact) mass is 341 g/mol. The molecule has 1 aliphatic heterocycles. The van der Waals surface area contributed by atoms with Crippen molar-refractivity contribution in [1.82, 2.24) is 0 Å². The maximum absolute atomic E-state index is 13.0. The van der Waals surface area contributed by atoms with E-state index < -0.39 is 17.2 Å². The van der Waals surface area contributed by atoms with Crippen LogP contribution in [0.5, 0.6) is 0 Å². The first kappa shape index (κ1) is 18.5. The molecule has 24 heavy (non-hydrogen) atoms. The SMILES string of the molecule is CCCC(=O)C[C@]1(C(C)C)C(=O)N(C)c2cc(C(F)(F)F)ccc21. The molecule has 0 fully saturated rings. The molecule has 0 aliphatic carbocycles. The molecule has 0 radical (unpaired) electrons. The Morgan fingerprint density at radius 3 is 2.42 bits per heavy atom. The van der Waals surface area contributed by atoms with Crippen molar-refractivity contribution in [2.24, 2.45) is 5.92 Å². The molecule has 0 saturated heterocycles. The molecule has 0 aromatic heterocycles. The zero-order valence-corrected chi connectivity index (χ0v) is 14.3. The van der Waals surface area contributed by atoms with Crippen LogP contribution >= 0.6 is 0 Å². The van der Waals surface area contributed by atoms with Gasteiger partial charge in [-0.3, -0.25) is 9.59 Å². The number of alkyl halides is 3. The molecule has 1 aromatic carbocycles. The van der Waals surface area contributed by atoms with Crippen LogP contribution in [0.1, 0.15) is 51.2 Å². The number of likely N-dealkylation sites (N-methyl/N-ethyl adjacent to an activating group) is 1. The third kappa shape index (κ3) is 2.82. The number of rotatable bonds is 5. The van der Waals surface area contributed by atoms with E-state index in [0.29, 0.717) is 18.4 Å². The molecule has 1 aliphatic rings. The first-order valence-corrected chi connectivity index (χ1v) is 8.07. The van der Waals surface area contributed by atoms with Gasteiger partial charge in [0.15, 0.2) is 0 Å². The highest BCUT2D eigenvalue weighted by Gasteiger charge is 2.53. The van der Waals surface area contributed by atoms with Gasteiger partial charge >= 0.3 is 6.18 Å². The van der Waals surface area contributed by atoms with E-state index in [1.165, 1.54) is 18.0 Å². The first-order chi connectivity index (χ1) is 11.1. The van der Waals surface area contributed by atoms with Crippen molar-refractivity contribution < 1.29 is 22.8 Å². The summed E-state index contributed by atoms with van der Waals surface area (Å²) in [5.74, 6) is -0.553. The topological polar surface area (TPSA) is 37.4 Å². The van der Waals surface area contributed by atoms with Crippen molar-refractivity contribution >= 4 is 17.4 Å². The van der Waals surface area contributed by atoms with Crippen molar-refractivity contribution in [2.45, 2.75) is 51.6 Å². The van der Waals surface area contributed by atoms with E-state index in [1.807, 2.05) is 20.8 Å². The van der Waals surface area contributed by atoms with Gasteiger partial charge < -0.3 is 4.90 Å². The van der Waals surface area contributed by atoms with Crippen molar-refractivity contribution in [2.75, 3.05) is 11.9 Å². The molecule has 2 rings (SSSR count). The molecule has 0 saturated carbocycles. The number of anilines is 1. The highest BCUT2D eigenvalue weighted by atomic mass is 19.4. The minimum Gasteiger partial charge on any atom is -0.314 e. The number of benzene rings is 1. The summed E-state index contributed by atoms with van der Waals surface area (Å²) in [6.45, 7) is 5.54. The van der Waals surface area contributed by atoms with E-state index in [2.05, 4.69) is 0 Å². The molecule has 1 atom stereocenters. The van der Waals surface area contributed by atoms with E-state index >= 15 is 0 Å². The summed E-state index contributed by atoms with van der Waals surface area (Å²) in [5.41, 5.74) is -1.11. The zero-order chi connectivity index (χ0) is 18.3. The number of ketones is 1. The van der Waals surface area contributed by atoms with Crippen LogP contribution in [-0.4, -0.2) is 18.7 Å². The molecular formula is C18H22F3NO2. The third-order valence-electron chi connectivity index (χ3n) is 4.84. The Bertz CT molecular complexity index is 667. The summed E-state index contributed by atoms with van der Waals surface area (Å²) in [6, 6.07) is 3.35. The van der Waals surface area contributed by atoms with Gasteiger partial charge in [0, 0.05) is 25.6 Å². The lowest BCUT2D eigenvalue weighted by Gasteiger charge is -2.32. The molecule has 132 valence electrons. The number of carbonyl (C=O) groups is 2. The van der Waals surface area contributed by atoms with E-state index in [1.54, 1.807) is 0 Å². The Balaban J connectivity index is 2.60. The second kappa shape index (κ2) is 6.22. The Labute approximate surface area is 139 Å². The number of fused-ring (bicyclic) bond motifs is 1. The van der Waals surface area contributed by atoms with Crippen LogP contribution in [0.3, 0.4) is 0 Å². The van der Waals surface area contributed by atoms with Gasteiger partial charge in [-0.15, -0.1) is 0 Å². The number of hydrogen-bond acceptors (Lipinski definition) is 2. The predicted octanol–water partition coefficient (Wildman–Crippen LogP) is 4.33. The minimum atomic E-state index is -4.47. The minimum absolute atomic E-state index is 0.0278. The Morgan fingerprint density at radius 2 is 1.92 bits per heavy atom. The fraction of sp³-hybridized carbons (Fsp3) is 0.556. The Hall–Kier alpha value is -1.85.